The number of rotatable bonds is 3. The van der Waals surface area contributed by atoms with Crippen LogP contribution in [0.2, 0.25) is 0 Å². The van der Waals surface area contributed by atoms with Gasteiger partial charge in [0.1, 0.15) is 0 Å². The SMILES string of the molecule is Cc1csc(CC2(CN)CCC(C)C2)n1. The summed E-state index contributed by atoms with van der Waals surface area (Å²) in [5, 5.41) is 3.41. The minimum Gasteiger partial charge on any atom is -0.330 e. The highest BCUT2D eigenvalue weighted by Crippen LogP contribution is 2.43. The molecule has 0 bridgehead atoms. The van der Waals surface area contributed by atoms with Crippen LogP contribution in [0.4, 0.5) is 0 Å². The minimum absolute atomic E-state index is 0.351. The number of nitrogens with two attached hydrogens (primary N) is 1. The van der Waals surface area contributed by atoms with Gasteiger partial charge in [-0.15, -0.1) is 11.3 Å². The van der Waals surface area contributed by atoms with E-state index < -0.39 is 0 Å². The van der Waals surface area contributed by atoms with Crippen molar-refractivity contribution < 1.29 is 0 Å². The van der Waals surface area contributed by atoms with Gasteiger partial charge in [0.2, 0.25) is 0 Å². The fourth-order valence-electron chi connectivity index (χ4n) is 2.72. The van der Waals surface area contributed by atoms with E-state index >= 15 is 0 Å². The first kappa shape index (κ1) is 11.1. The second-order valence-electron chi connectivity index (χ2n) is 5.11. The van der Waals surface area contributed by atoms with Gasteiger partial charge in [0.05, 0.1) is 5.01 Å². The van der Waals surface area contributed by atoms with Crippen molar-refractivity contribution in [3.05, 3.63) is 16.1 Å². The van der Waals surface area contributed by atoms with E-state index in [0.717, 1.165) is 24.6 Å². The van der Waals surface area contributed by atoms with E-state index in [0.29, 0.717) is 5.41 Å². The third kappa shape index (κ3) is 2.40. The van der Waals surface area contributed by atoms with E-state index in [1.165, 1.54) is 24.3 Å². The van der Waals surface area contributed by atoms with Crippen molar-refractivity contribution in [2.45, 2.75) is 39.5 Å². The smallest absolute Gasteiger partial charge is 0.0934 e. The molecule has 84 valence electrons. The number of thiazole rings is 1. The third-order valence-corrected chi connectivity index (χ3v) is 4.54. The van der Waals surface area contributed by atoms with Gasteiger partial charge < -0.3 is 5.73 Å². The number of hydrogen-bond donors (Lipinski definition) is 1. The molecular formula is C12H20N2S. The Hall–Kier alpha value is -0.410. The standard InChI is InChI=1S/C12H20N2S/c1-9-3-4-12(5-9,8-13)6-11-14-10(2)7-15-11/h7,9H,3-6,8,13H2,1-2H3. The second kappa shape index (κ2) is 4.22. The Morgan fingerprint density at radius 3 is 2.93 bits per heavy atom. The Morgan fingerprint density at radius 2 is 2.47 bits per heavy atom. The quantitative estimate of drug-likeness (QED) is 0.857. The van der Waals surface area contributed by atoms with Crippen molar-refractivity contribution in [1.82, 2.24) is 4.98 Å². The largest absolute Gasteiger partial charge is 0.330 e. The summed E-state index contributed by atoms with van der Waals surface area (Å²) in [4.78, 5) is 4.56. The molecule has 0 aromatic carbocycles. The van der Waals surface area contributed by atoms with Crippen molar-refractivity contribution in [2.75, 3.05) is 6.54 Å². The van der Waals surface area contributed by atoms with E-state index in [4.69, 9.17) is 5.73 Å². The first-order valence-electron chi connectivity index (χ1n) is 5.75. The summed E-state index contributed by atoms with van der Waals surface area (Å²) in [6.45, 7) is 5.22. The van der Waals surface area contributed by atoms with E-state index in [1.54, 1.807) is 11.3 Å². The predicted molar refractivity (Wildman–Crippen MR) is 65.1 cm³/mol. The van der Waals surface area contributed by atoms with Gasteiger partial charge in [0, 0.05) is 17.5 Å². The number of hydrogen-bond acceptors (Lipinski definition) is 3. The molecule has 15 heavy (non-hydrogen) atoms. The number of aromatic nitrogens is 1. The lowest BCUT2D eigenvalue weighted by molar-refractivity contribution is 0.295. The van der Waals surface area contributed by atoms with Crippen molar-refractivity contribution >= 4 is 11.3 Å². The molecule has 1 heterocycles. The van der Waals surface area contributed by atoms with Crippen LogP contribution in [-0.2, 0) is 6.42 Å². The average molecular weight is 224 g/mol. The summed E-state index contributed by atoms with van der Waals surface area (Å²) in [5.41, 5.74) is 7.46. The summed E-state index contributed by atoms with van der Waals surface area (Å²) in [5.74, 6) is 0.842. The van der Waals surface area contributed by atoms with Crippen LogP contribution in [0.15, 0.2) is 5.38 Å². The highest BCUT2D eigenvalue weighted by molar-refractivity contribution is 7.09. The predicted octanol–water partition coefficient (Wildman–Crippen LogP) is 2.76. The van der Waals surface area contributed by atoms with Gasteiger partial charge in [-0.25, -0.2) is 4.98 Å². The Kier molecular flexibility index (Phi) is 3.12. The van der Waals surface area contributed by atoms with E-state index in [9.17, 15) is 0 Å². The van der Waals surface area contributed by atoms with Crippen LogP contribution in [0.3, 0.4) is 0 Å². The molecule has 1 aromatic heterocycles. The molecule has 3 heteroatoms. The molecule has 1 aromatic rings. The van der Waals surface area contributed by atoms with Crippen molar-refractivity contribution in [3.63, 3.8) is 0 Å². The Bertz CT molecular complexity index is 334. The molecular weight excluding hydrogens is 204 g/mol. The summed E-state index contributed by atoms with van der Waals surface area (Å²) in [6, 6.07) is 0. The first-order valence-corrected chi connectivity index (χ1v) is 6.63. The second-order valence-corrected chi connectivity index (χ2v) is 6.05. The lowest BCUT2D eigenvalue weighted by Gasteiger charge is -2.26. The minimum atomic E-state index is 0.351. The average Bonchev–Trinajstić information content (AvgIpc) is 2.75. The van der Waals surface area contributed by atoms with Gasteiger partial charge >= 0.3 is 0 Å². The van der Waals surface area contributed by atoms with Gasteiger partial charge in [-0.05, 0) is 37.6 Å². The number of nitrogens with zero attached hydrogens (tertiary/aromatic N) is 1. The van der Waals surface area contributed by atoms with Gasteiger partial charge in [0.25, 0.3) is 0 Å². The fraction of sp³-hybridized carbons (Fsp3) is 0.750. The molecule has 2 N–H and O–H groups in total. The van der Waals surface area contributed by atoms with Crippen molar-refractivity contribution in [3.8, 4) is 0 Å². The summed E-state index contributed by atoms with van der Waals surface area (Å²) in [7, 11) is 0. The monoisotopic (exact) mass is 224 g/mol. The molecule has 2 nitrogen and oxygen atoms in total. The maximum Gasteiger partial charge on any atom is 0.0934 e. The summed E-state index contributed by atoms with van der Waals surface area (Å²) in [6.07, 6.45) is 4.99. The van der Waals surface area contributed by atoms with Crippen LogP contribution in [0, 0.1) is 18.3 Å². The molecule has 1 saturated carbocycles. The van der Waals surface area contributed by atoms with Crippen LogP contribution < -0.4 is 5.73 Å². The van der Waals surface area contributed by atoms with E-state index in [2.05, 4.69) is 24.2 Å². The zero-order valence-corrected chi connectivity index (χ0v) is 10.4. The lowest BCUT2D eigenvalue weighted by atomic mass is 9.82. The highest BCUT2D eigenvalue weighted by Gasteiger charge is 2.36. The van der Waals surface area contributed by atoms with Crippen LogP contribution in [0.25, 0.3) is 0 Å². The van der Waals surface area contributed by atoms with Gasteiger partial charge in [-0.3, -0.25) is 0 Å². The highest BCUT2D eigenvalue weighted by atomic mass is 32.1. The fourth-order valence-corrected chi connectivity index (χ4v) is 3.66. The van der Waals surface area contributed by atoms with Crippen LogP contribution >= 0.6 is 11.3 Å². The van der Waals surface area contributed by atoms with E-state index in [1.807, 2.05) is 0 Å². The third-order valence-electron chi connectivity index (χ3n) is 3.57. The number of aryl methyl sites for hydroxylation is 1. The molecule has 2 atom stereocenters. The summed E-state index contributed by atoms with van der Waals surface area (Å²) < 4.78 is 0. The first-order chi connectivity index (χ1) is 7.13. The zero-order valence-electron chi connectivity index (χ0n) is 9.62. The molecule has 0 spiro atoms. The van der Waals surface area contributed by atoms with Gasteiger partial charge in [-0.1, -0.05) is 13.3 Å². The molecule has 2 unspecified atom stereocenters. The maximum absolute atomic E-state index is 5.96. The Morgan fingerprint density at radius 1 is 1.67 bits per heavy atom. The van der Waals surface area contributed by atoms with Crippen LogP contribution in [-0.4, -0.2) is 11.5 Å². The normalized spacial score (nSPS) is 31.0. The topological polar surface area (TPSA) is 38.9 Å². The molecule has 1 aliphatic carbocycles. The van der Waals surface area contributed by atoms with Crippen molar-refractivity contribution in [1.29, 1.82) is 0 Å². The molecule has 1 fully saturated rings. The molecule has 0 amide bonds. The van der Waals surface area contributed by atoms with Crippen molar-refractivity contribution in [2.24, 2.45) is 17.1 Å². The molecule has 1 aliphatic rings. The summed E-state index contributed by atoms with van der Waals surface area (Å²) >= 11 is 1.78. The molecule has 0 saturated heterocycles. The zero-order chi connectivity index (χ0) is 10.9. The molecule has 0 radical (unpaired) electrons. The Balaban J connectivity index is 2.08. The molecule has 2 rings (SSSR count). The van der Waals surface area contributed by atoms with E-state index in [-0.39, 0.29) is 0 Å². The lowest BCUT2D eigenvalue weighted by Crippen LogP contribution is -2.30. The molecule has 0 aliphatic heterocycles. The van der Waals surface area contributed by atoms with Crippen LogP contribution in [0.1, 0.15) is 36.9 Å². The Labute approximate surface area is 95.9 Å². The van der Waals surface area contributed by atoms with Crippen LogP contribution in [0.5, 0.6) is 0 Å². The maximum atomic E-state index is 5.96. The van der Waals surface area contributed by atoms with Gasteiger partial charge in [-0.2, -0.15) is 0 Å². The van der Waals surface area contributed by atoms with Gasteiger partial charge in [0.15, 0.2) is 0 Å².